The van der Waals surface area contributed by atoms with Crippen molar-refractivity contribution in [3.63, 3.8) is 0 Å². The van der Waals surface area contributed by atoms with Crippen LogP contribution in [0.15, 0.2) is 40.9 Å². The number of benzene rings is 2. The number of hydrogen-bond acceptors (Lipinski definition) is 2. The van der Waals surface area contributed by atoms with Crippen molar-refractivity contribution in [1.82, 2.24) is 0 Å². The highest BCUT2D eigenvalue weighted by atomic mass is 79.9. The minimum Gasteiger partial charge on any atom is -0.325 e. The molecular formula is C18H15BrF2N2O2. The second-order valence-electron chi connectivity index (χ2n) is 5.95. The molecule has 1 saturated heterocycles. The fourth-order valence-corrected chi connectivity index (χ4v) is 3.14. The Hall–Kier alpha value is -2.28. The minimum atomic E-state index is -0.822. The molecule has 7 heteroatoms. The van der Waals surface area contributed by atoms with Gasteiger partial charge in [-0.3, -0.25) is 9.59 Å². The molecule has 0 spiro atoms. The largest absolute Gasteiger partial charge is 0.325 e. The maximum absolute atomic E-state index is 13.9. The summed E-state index contributed by atoms with van der Waals surface area (Å²) in [7, 11) is 0. The van der Waals surface area contributed by atoms with Crippen LogP contribution in [-0.4, -0.2) is 18.4 Å². The second kappa shape index (κ2) is 6.92. The zero-order valence-electron chi connectivity index (χ0n) is 13.4. The van der Waals surface area contributed by atoms with Crippen molar-refractivity contribution in [2.45, 2.75) is 13.3 Å². The van der Waals surface area contributed by atoms with Crippen LogP contribution in [-0.2, 0) is 9.59 Å². The maximum Gasteiger partial charge on any atom is 0.229 e. The van der Waals surface area contributed by atoms with Crippen LogP contribution in [0, 0.1) is 24.5 Å². The lowest BCUT2D eigenvalue weighted by atomic mass is 10.1. The molecule has 25 heavy (non-hydrogen) atoms. The number of rotatable bonds is 3. The normalized spacial score (nSPS) is 17.0. The quantitative estimate of drug-likeness (QED) is 0.833. The molecule has 1 N–H and O–H groups in total. The number of amides is 2. The van der Waals surface area contributed by atoms with Gasteiger partial charge in [-0.05, 0) is 36.8 Å². The van der Waals surface area contributed by atoms with Gasteiger partial charge in [0.2, 0.25) is 11.8 Å². The van der Waals surface area contributed by atoms with Gasteiger partial charge in [0.05, 0.1) is 11.6 Å². The molecule has 2 amide bonds. The van der Waals surface area contributed by atoms with Crippen molar-refractivity contribution in [2.75, 3.05) is 16.8 Å². The highest BCUT2D eigenvalue weighted by molar-refractivity contribution is 9.10. The summed E-state index contributed by atoms with van der Waals surface area (Å²) < 4.78 is 27.8. The lowest BCUT2D eigenvalue weighted by Gasteiger charge is -2.17. The van der Waals surface area contributed by atoms with Crippen molar-refractivity contribution in [1.29, 1.82) is 0 Å². The van der Waals surface area contributed by atoms with Gasteiger partial charge in [-0.25, -0.2) is 8.78 Å². The zero-order valence-corrected chi connectivity index (χ0v) is 14.9. The van der Waals surface area contributed by atoms with Crippen LogP contribution < -0.4 is 10.2 Å². The Kier molecular flexibility index (Phi) is 4.85. The van der Waals surface area contributed by atoms with Gasteiger partial charge in [-0.1, -0.05) is 22.0 Å². The third kappa shape index (κ3) is 3.71. The van der Waals surface area contributed by atoms with Gasteiger partial charge in [0.25, 0.3) is 0 Å². The molecule has 1 heterocycles. The van der Waals surface area contributed by atoms with E-state index in [2.05, 4.69) is 21.2 Å². The molecule has 0 saturated carbocycles. The average molecular weight is 409 g/mol. The van der Waals surface area contributed by atoms with Crippen LogP contribution in [0.3, 0.4) is 0 Å². The lowest BCUT2D eigenvalue weighted by molar-refractivity contribution is -0.122. The first-order valence-corrected chi connectivity index (χ1v) is 8.47. The number of aryl methyl sites for hydroxylation is 1. The van der Waals surface area contributed by atoms with Gasteiger partial charge in [-0.2, -0.15) is 0 Å². The molecule has 1 atom stereocenters. The van der Waals surface area contributed by atoms with Crippen LogP contribution in [0.2, 0.25) is 0 Å². The molecule has 1 aliphatic rings. The molecule has 130 valence electrons. The first-order valence-electron chi connectivity index (χ1n) is 7.67. The fourth-order valence-electron chi connectivity index (χ4n) is 2.78. The predicted molar refractivity (Wildman–Crippen MR) is 94.3 cm³/mol. The fraction of sp³-hybridized carbons (Fsp3) is 0.222. The number of hydrogen-bond donors (Lipinski definition) is 1. The molecule has 1 fully saturated rings. The number of anilines is 2. The summed E-state index contributed by atoms with van der Waals surface area (Å²) >= 11 is 3.35. The molecule has 2 aromatic rings. The average Bonchev–Trinajstić information content (AvgIpc) is 2.93. The van der Waals surface area contributed by atoms with Crippen molar-refractivity contribution in [3.8, 4) is 0 Å². The van der Waals surface area contributed by atoms with E-state index >= 15 is 0 Å². The first-order chi connectivity index (χ1) is 11.8. The van der Waals surface area contributed by atoms with E-state index in [1.807, 2.05) is 19.1 Å². The Balaban J connectivity index is 1.75. The van der Waals surface area contributed by atoms with Crippen LogP contribution in [0.25, 0.3) is 0 Å². The monoisotopic (exact) mass is 408 g/mol. The Morgan fingerprint density at radius 2 is 2.00 bits per heavy atom. The Morgan fingerprint density at radius 3 is 2.72 bits per heavy atom. The summed E-state index contributed by atoms with van der Waals surface area (Å²) in [4.78, 5) is 25.8. The predicted octanol–water partition coefficient (Wildman–Crippen LogP) is 4.03. The molecule has 1 unspecified atom stereocenters. The van der Waals surface area contributed by atoms with E-state index in [1.54, 1.807) is 6.07 Å². The highest BCUT2D eigenvalue weighted by Crippen LogP contribution is 2.29. The Bertz CT molecular complexity index is 857. The van der Waals surface area contributed by atoms with Crippen molar-refractivity contribution >= 4 is 39.1 Å². The number of carbonyl (C=O) groups is 2. The first kappa shape index (κ1) is 17.5. The van der Waals surface area contributed by atoms with Crippen LogP contribution in [0.1, 0.15) is 12.0 Å². The number of nitrogens with one attached hydrogen (secondary N) is 1. The van der Waals surface area contributed by atoms with Gasteiger partial charge >= 0.3 is 0 Å². The molecule has 0 radical (unpaired) electrons. The summed E-state index contributed by atoms with van der Waals surface area (Å²) in [5.41, 5.74) is 1.53. The maximum atomic E-state index is 13.9. The van der Waals surface area contributed by atoms with Gasteiger partial charge in [0.15, 0.2) is 0 Å². The molecule has 0 bridgehead atoms. The molecule has 3 rings (SSSR count). The van der Waals surface area contributed by atoms with Crippen molar-refractivity contribution in [2.24, 2.45) is 5.92 Å². The van der Waals surface area contributed by atoms with Crippen LogP contribution in [0.5, 0.6) is 0 Å². The van der Waals surface area contributed by atoms with E-state index < -0.39 is 17.6 Å². The number of nitrogens with zero attached hydrogens (tertiary/aromatic N) is 1. The highest BCUT2D eigenvalue weighted by Gasteiger charge is 2.36. The third-order valence-electron chi connectivity index (χ3n) is 4.15. The van der Waals surface area contributed by atoms with Gasteiger partial charge in [0, 0.05) is 29.2 Å². The number of carbonyl (C=O) groups excluding carboxylic acids is 2. The molecular weight excluding hydrogens is 394 g/mol. The SMILES string of the molecule is Cc1ccc(Br)cc1NC(=O)C1CC(=O)N(c2ccc(F)cc2F)C1. The third-order valence-corrected chi connectivity index (χ3v) is 4.65. The molecule has 0 aromatic heterocycles. The van der Waals surface area contributed by atoms with Crippen molar-refractivity contribution < 1.29 is 18.4 Å². The van der Waals surface area contributed by atoms with Gasteiger partial charge in [-0.15, -0.1) is 0 Å². The summed E-state index contributed by atoms with van der Waals surface area (Å²) in [5, 5.41) is 2.81. The molecule has 2 aromatic carbocycles. The Morgan fingerprint density at radius 1 is 1.24 bits per heavy atom. The number of halogens is 3. The standard InChI is InChI=1S/C18H15BrF2N2O2/c1-10-2-3-12(19)7-15(10)22-18(25)11-6-17(24)23(9-11)16-5-4-13(20)8-14(16)21/h2-5,7-8,11H,6,9H2,1H3,(H,22,25). The summed E-state index contributed by atoms with van der Waals surface area (Å²) in [6.07, 6.45) is -0.0182. The molecule has 4 nitrogen and oxygen atoms in total. The van der Waals surface area contributed by atoms with Gasteiger partial charge in [0.1, 0.15) is 11.6 Å². The summed E-state index contributed by atoms with van der Waals surface area (Å²) in [5.74, 6) is -2.81. The van der Waals surface area contributed by atoms with E-state index in [1.165, 1.54) is 11.0 Å². The van der Waals surface area contributed by atoms with Crippen LogP contribution >= 0.6 is 15.9 Å². The van der Waals surface area contributed by atoms with E-state index in [4.69, 9.17) is 0 Å². The molecule has 0 aliphatic carbocycles. The van der Waals surface area contributed by atoms with Crippen molar-refractivity contribution in [3.05, 3.63) is 58.1 Å². The smallest absolute Gasteiger partial charge is 0.229 e. The minimum absolute atomic E-state index is 0.0136. The van der Waals surface area contributed by atoms with E-state index in [0.29, 0.717) is 5.69 Å². The molecule has 1 aliphatic heterocycles. The van der Waals surface area contributed by atoms with Crippen LogP contribution in [0.4, 0.5) is 20.2 Å². The Labute approximate surface area is 152 Å². The van der Waals surface area contributed by atoms with Gasteiger partial charge < -0.3 is 10.2 Å². The summed E-state index contributed by atoms with van der Waals surface area (Å²) in [6, 6.07) is 8.52. The van der Waals surface area contributed by atoms with E-state index in [-0.39, 0.29) is 30.5 Å². The van der Waals surface area contributed by atoms with E-state index in [9.17, 15) is 18.4 Å². The lowest BCUT2D eigenvalue weighted by Crippen LogP contribution is -2.28. The summed E-state index contributed by atoms with van der Waals surface area (Å²) in [6.45, 7) is 1.92. The topological polar surface area (TPSA) is 49.4 Å². The zero-order chi connectivity index (χ0) is 18.1. The second-order valence-corrected chi connectivity index (χ2v) is 6.87. The van der Waals surface area contributed by atoms with E-state index in [0.717, 1.165) is 22.2 Å².